The minimum Gasteiger partial charge on any atom is -0.312 e. The maximum Gasteiger partial charge on any atom is 0.0261 e. The third kappa shape index (κ3) is 1.17. The predicted molar refractivity (Wildman–Crippen MR) is 51.2 cm³/mol. The number of hydrogen-bond acceptors (Lipinski definition) is 2. The summed E-state index contributed by atoms with van der Waals surface area (Å²) >= 11 is 0. The fourth-order valence-electron chi connectivity index (χ4n) is 2.88. The van der Waals surface area contributed by atoms with E-state index in [9.17, 15) is 0 Å². The summed E-state index contributed by atoms with van der Waals surface area (Å²) in [6, 6.07) is 2.25. The van der Waals surface area contributed by atoms with Crippen LogP contribution < -0.4 is 5.32 Å². The fourth-order valence-corrected chi connectivity index (χ4v) is 2.88. The molecule has 2 heteroatoms. The van der Waals surface area contributed by atoms with E-state index < -0.39 is 0 Å². The Balaban J connectivity index is 2.05. The number of rotatable bonds is 1. The Bertz CT molecular complexity index is 167. The maximum absolute atomic E-state index is 3.61. The van der Waals surface area contributed by atoms with Crippen LogP contribution in [0.15, 0.2) is 0 Å². The molecule has 0 bridgehead atoms. The van der Waals surface area contributed by atoms with Crippen molar-refractivity contribution < 1.29 is 0 Å². The first-order valence-electron chi connectivity index (χ1n) is 5.19. The van der Waals surface area contributed by atoms with Crippen molar-refractivity contribution >= 4 is 0 Å². The number of nitrogens with zero attached hydrogens (tertiary/aromatic N) is 1. The van der Waals surface area contributed by atoms with Crippen LogP contribution in [0.4, 0.5) is 0 Å². The molecule has 3 unspecified atom stereocenters. The monoisotopic (exact) mass is 168 g/mol. The number of likely N-dealkylation sites (tertiary alicyclic amines) is 1. The molecule has 70 valence electrons. The summed E-state index contributed by atoms with van der Waals surface area (Å²) < 4.78 is 0. The highest BCUT2D eigenvalue weighted by atomic mass is 15.3. The highest BCUT2D eigenvalue weighted by Crippen LogP contribution is 2.30. The first-order chi connectivity index (χ1) is 5.70. The molecule has 2 rings (SSSR count). The predicted octanol–water partition coefficient (Wildman–Crippen LogP) is 1.08. The Labute approximate surface area is 75.3 Å². The van der Waals surface area contributed by atoms with Crippen molar-refractivity contribution in [3.8, 4) is 0 Å². The molecule has 2 fully saturated rings. The molecule has 1 N–H and O–H groups in total. The molecule has 0 aliphatic carbocycles. The van der Waals surface area contributed by atoms with Gasteiger partial charge in [0, 0.05) is 24.7 Å². The zero-order valence-corrected chi connectivity index (χ0v) is 8.38. The van der Waals surface area contributed by atoms with Crippen molar-refractivity contribution in [2.24, 2.45) is 5.92 Å². The average Bonchev–Trinajstić information content (AvgIpc) is 2.53. The van der Waals surface area contributed by atoms with Crippen LogP contribution in [0.2, 0.25) is 0 Å². The van der Waals surface area contributed by atoms with Gasteiger partial charge in [-0.1, -0.05) is 0 Å². The van der Waals surface area contributed by atoms with Crippen molar-refractivity contribution in [2.45, 2.75) is 45.3 Å². The lowest BCUT2D eigenvalue weighted by Crippen LogP contribution is -2.42. The number of hydrogen-bond donors (Lipinski definition) is 1. The van der Waals surface area contributed by atoms with Crippen LogP contribution in [0.25, 0.3) is 0 Å². The summed E-state index contributed by atoms with van der Waals surface area (Å²) in [6.07, 6.45) is 1.39. The third-order valence-corrected chi connectivity index (χ3v) is 3.55. The lowest BCUT2D eigenvalue weighted by molar-refractivity contribution is 0.198. The van der Waals surface area contributed by atoms with E-state index in [1.165, 1.54) is 19.5 Å². The van der Waals surface area contributed by atoms with Crippen LogP contribution in [0, 0.1) is 5.92 Å². The quantitative estimate of drug-likeness (QED) is 0.630. The molecule has 0 aromatic heterocycles. The molecule has 0 amide bonds. The van der Waals surface area contributed by atoms with Crippen LogP contribution in [0.5, 0.6) is 0 Å². The van der Waals surface area contributed by atoms with Gasteiger partial charge >= 0.3 is 0 Å². The van der Waals surface area contributed by atoms with Gasteiger partial charge in [0.05, 0.1) is 0 Å². The number of nitrogens with one attached hydrogen (secondary N) is 1. The van der Waals surface area contributed by atoms with Crippen molar-refractivity contribution in [3.63, 3.8) is 0 Å². The number of fused-ring (bicyclic) bond motifs is 1. The van der Waals surface area contributed by atoms with Gasteiger partial charge in [-0.25, -0.2) is 0 Å². The lowest BCUT2D eigenvalue weighted by Gasteiger charge is -2.28. The van der Waals surface area contributed by atoms with Crippen LogP contribution in [0.3, 0.4) is 0 Å². The van der Waals surface area contributed by atoms with E-state index >= 15 is 0 Å². The first-order valence-corrected chi connectivity index (χ1v) is 5.19. The minimum atomic E-state index is 0.715. The van der Waals surface area contributed by atoms with E-state index in [4.69, 9.17) is 0 Å². The second-order valence-corrected chi connectivity index (χ2v) is 4.56. The van der Waals surface area contributed by atoms with E-state index in [2.05, 4.69) is 31.0 Å². The van der Waals surface area contributed by atoms with Gasteiger partial charge in [0.25, 0.3) is 0 Å². The Morgan fingerprint density at radius 3 is 2.75 bits per heavy atom. The summed E-state index contributed by atoms with van der Waals surface area (Å²) in [4.78, 5) is 2.63. The topological polar surface area (TPSA) is 15.3 Å². The Kier molecular flexibility index (Phi) is 2.13. The Morgan fingerprint density at radius 2 is 2.17 bits per heavy atom. The van der Waals surface area contributed by atoms with Gasteiger partial charge in [0.2, 0.25) is 0 Å². The summed E-state index contributed by atoms with van der Waals surface area (Å²) in [6.45, 7) is 9.53. The zero-order chi connectivity index (χ0) is 8.72. The van der Waals surface area contributed by atoms with Crippen molar-refractivity contribution in [3.05, 3.63) is 0 Å². The molecule has 2 nitrogen and oxygen atoms in total. The molecule has 0 aromatic rings. The highest BCUT2D eigenvalue weighted by Gasteiger charge is 2.42. The van der Waals surface area contributed by atoms with E-state index in [1.54, 1.807) is 0 Å². The summed E-state index contributed by atoms with van der Waals surface area (Å²) in [5, 5.41) is 3.61. The zero-order valence-electron chi connectivity index (χ0n) is 8.38. The van der Waals surface area contributed by atoms with Gasteiger partial charge in [-0.05, 0) is 39.7 Å². The van der Waals surface area contributed by atoms with Crippen LogP contribution in [-0.4, -0.2) is 36.1 Å². The largest absolute Gasteiger partial charge is 0.312 e. The normalized spacial score (nSPS) is 42.5. The lowest BCUT2D eigenvalue weighted by atomic mass is 10.0. The summed E-state index contributed by atoms with van der Waals surface area (Å²) in [7, 11) is 0. The minimum absolute atomic E-state index is 0.715. The van der Waals surface area contributed by atoms with Gasteiger partial charge in [0.1, 0.15) is 0 Å². The molecule has 0 spiro atoms. The van der Waals surface area contributed by atoms with Crippen LogP contribution in [-0.2, 0) is 0 Å². The van der Waals surface area contributed by atoms with Crippen molar-refractivity contribution in [2.75, 3.05) is 13.1 Å². The molecular formula is C10H20N2. The summed E-state index contributed by atoms with van der Waals surface area (Å²) in [5.74, 6) is 0.933. The van der Waals surface area contributed by atoms with Crippen LogP contribution in [0.1, 0.15) is 27.2 Å². The van der Waals surface area contributed by atoms with Gasteiger partial charge in [-0.15, -0.1) is 0 Å². The molecule has 3 atom stereocenters. The first kappa shape index (κ1) is 8.52. The second-order valence-electron chi connectivity index (χ2n) is 4.56. The van der Waals surface area contributed by atoms with Gasteiger partial charge in [0.15, 0.2) is 0 Å². The SMILES string of the molecule is CC(C)N1CC2CCNC2C1C. The van der Waals surface area contributed by atoms with Gasteiger partial charge in [-0.3, -0.25) is 4.90 Å². The molecule has 0 radical (unpaired) electrons. The van der Waals surface area contributed by atoms with Gasteiger partial charge < -0.3 is 5.32 Å². The standard InChI is InChI=1S/C10H20N2/c1-7(2)12-6-9-4-5-11-10(9)8(12)3/h7-11H,4-6H2,1-3H3. The molecule has 2 aliphatic rings. The molecule has 0 saturated carbocycles. The Hall–Kier alpha value is -0.0800. The molecular weight excluding hydrogens is 148 g/mol. The van der Waals surface area contributed by atoms with E-state index in [-0.39, 0.29) is 0 Å². The highest BCUT2D eigenvalue weighted by molar-refractivity contribution is 5.00. The average molecular weight is 168 g/mol. The van der Waals surface area contributed by atoms with E-state index in [1.807, 2.05) is 0 Å². The van der Waals surface area contributed by atoms with Crippen molar-refractivity contribution in [1.82, 2.24) is 10.2 Å². The fraction of sp³-hybridized carbons (Fsp3) is 1.00. The maximum atomic E-state index is 3.61. The van der Waals surface area contributed by atoms with Crippen molar-refractivity contribution in [1.29, 1.82) is 0 Å². The molecule has 2 aliphatic heterocycles. The van der Waals surface area contributed by atoms with Crippen LogP contribution >= 0.6 is 0 Å². The summed E-state index contributed by atoms with van der Waals surface area (Å²) in [5.41, 5.74) is 0. The molecule has 0 aromatic carbocycles. The third-order valence-electron chi connectivity index (χ3n) is 3.55. The molecule has 2 heterocycles. The molecule has 12 heavy (non-hydrogen) atoms. The smallest absolute Gasteiger partial charge is 0.0261 e. The second kappa shape index (κ2) is 3.00. The Morgan fingerprint density at radius 1 is 1.42 bits per heavy atom. The molecule has 2 saturated heterocycles. The van der Waals surface area contributed by atoms with Gasteiger partial charge in [-0.2, -0.15) is 0 Å². The van der Waals surface area contributed by atoms with E-state index in [0.717, 1.165) is 18.0 Å². The van der Waals surface area contributed by atoms with E-state index in [0.29, 0.717) is 6.04 Å².